The summed E-state index contributed by atoms with van der Waals surface area (Å²) in [4.78, 5) is 0. The second-order valence-electron chi connectivity index (χ2n) is 6.26. The van der Waals surface area contributed by atoms with E-state index in [0.717, 1.165) is 17.8 Å². The average molecular weight is 209 g/mol. The predicted molar refractivity (Wildman–Crippen MR) is 60.5 cm³/mol. The Kier molecular flexibility index (Phi) is 2.33. The fraction of sp³-hybridized carbons (Fsp3) is 1.00. The molecule has 0 amide bonds. The molecule has 4 rings (SSSR count). The van der Waals surface area contributed by atoms with Gasteiger partial charge in [-0.3, -0.25) is 0 Å². The van der Waals surface area contributed by atoms with Gasteiger partial charge in [-0.05, 0) is 63.2 Å². The number of rotatable bonds is 3. The van der Waals surface area contributed by atoms with E-state index >= 15 is 0 Å². The molecule has 4 fully saturated rings. The number of hydrogen-bond acceptors (Lipinski definition) is 2. The lowest BCUT2D eigenvalue weighted by Gasteiger charge is -2.56. The summed E-state index contributed by atoms with van der Waals surface area (Å²) in [5.74, 6) is 2.92. The van der Waals surface area contributed by atoms with Gasteiger partial charge in [0.25, 0.3) is 0 Å². The van der Waals surface area contributed by atoms with Crippen LogP contribution in [-0.2, 0) is 4.74 Å². The lowest BCUT2D eigenvalue weighted by Crippen LogP contribution is -2.53. The second-order valence-corrected chi connectivity index (χ2v) is 6.26. The Labute approximate surface area is 92.6 Å². The van der Waals surface area contributed by atoms with Gasteiger partial charge in [0.05, 0.1) is 11.7 Å². The summed E-state index contributed by atoms with van der Waals surface area (Å²) >= 11 is 0. The van der Waals surface area contributed by atoms with Gasteiger partial charge in [-0.15, -0.1) is 0 Å². The number of nitrogens with two attached hydrogens (primary N) is 1. The molecule has 4 bridgehead atoms. The van der Waals surface area contributed by atoms with Crippen LogP contribution < -0.4 is 5.73 Å². The van der Waals surface area contributed by atoms with Crippen molar-refractivity contribution in [2.24, 2.45) is 23.5 Å². The molecule has 4 aliphatic carbocycles. The van der Waals surface area contributed by atoms with E-state index in [1.165, 1.54) is 38.5 Å². The van der Waals surface area contributed by atoms with Crippen molar-refractivity contribution in [3.8, 4) is 0 Å². The Bertz CT molecular complexity index is 216. The van der Waals surface area contributed by atoms with E-state index < -0.39 is 0 Å². The van der Waals surface area contributed by atoms with Gasteiger partial charge in [-0.25, -0.2) is 0 Å². The minimum absolute atomic E-state index is 0.244. The largest absolute Gasteiger partial charge is 0.371 e. The number of ether oxygens (including phenoxy) is 1. The van der Waals surface area contributed by atoms with Crippen LogP contribution in [0.4, 0.5) is 0 Å². The summed E-state index contributed by atoms with van der Waals surface area (Å²) in [6.07, 6.45) is 8.68. The molecule has 1 atom stereocenters. The molecule has 0 aromatic rings. The highest BCUT2D eigenvalue weighted by atomic mass is 16.5. The SMILES string of the molecule is C[C@@H](CN)OC12CC3CC(CC(C3)C1)C2. The van der Waals surface area contributed by atoms with Crippen LogP contribution in [0, 0.1) is 17.8 Å². The maximum atomic E-state index is 6.27. The van der Waals surface area contributed by atoms with E-state index in [9.17, 15) is 0 Å². The molecule has 0 aromatic carbocycles. The summed E-state index contributed by atoms with van der Waals surface area (Å²) in [6, 6.07) is 0. The second kappa shape index (κ2) is 3.46. The Morgan fingerprint density at radius 1 is 1.13 bits per heavy atom. The molecule has 0 spiro atoms. The third kappa shape index (κ3) is 1.72. The Morgan fingerprint density at radius 3 is 2.00 bits per heavy atom. The van der Waals surface area contributed by atoms with Gasteiger partial charge in [0.1, 0.15) is 0 Å². The predicted octanol–water partition coefficient (Wildman–Crippen LogP) is 2.32. The van der Waals surface area contributed by atoms with E-state index in [1.807, 2.05) is 0 Å². The third-order valence-corrected chi connectivity index (χ3v) is 4.77. The van der Waals surface area contributed by atoms with Crippen molar-refractivity contribution in [2.75, 3.05) is 6.54 Å². The lowest BCUT2D eigenvalue weighted by molar-refractivity contribution is -0.182. The van der Waals surface area contributed by atoms with Gasteiger partial charge in [0.2, 0.25) is 0 Å². The zero-order valence-corrected chi connectivity index (χ0v) is 9.74. The van der Waals surface area contributed by atoms with Gasteiger partial charge in [-0.1, -0.05) is 0 Å². The highest BCUT2D eigenvalue weighted by Gasteiger charge is 2.52. The molecule has 2 heteroatoms. The molecule has 86 valence electrons. The van der Waals surface area contributed by atoms with Crippen LogP contribution in [0.15, 0.2) is 0 Å². The van der Waals surface area contributed by atoms with E-state index in [4.69, 9.17) is 10.5 Å². The van der Waals surface area contributed by atoms with E-state index in [1.54, 1.807) is 0 Å². The van der Waals surface area contributed by atoms with Gasteiger partial charge < -0.3 is 10.5 Å². The minimum Gasteiger partial charge on any atom is -0.371 e. The van der Waals surface area contributed by atoms with Crippen molar-refractivity contribution in [1.29, 1.82) is 0 Å². The van der Waals surface area contributed by atoms with Crippen LogP contribution >= 0.6 is 0 Å². The minimum atomic E-state index is 0.244. The van der Waals surface area contributed by atoms with E-state index in [2.05, 4.69) is 6.92 Å². The van der Waals surface area contributed by atoms with Crippen LogP contribution in [0.2, 0.25) is 0 Å². The maximum Gasteiger partial charge on any atom is 0.0694 e. The van der Waals surface area contributed by atoms with Crippen molar-refractivity contribution in [2.45, 2.75) is 57.2 Å². The quantitative estimate of drug-likeness (QED) is 0.774. The molecule has 15 heavy (non-hydrogen) atoms. The monoisotopic (exact) mass is 209 g/mol. The van der Waals surface area contributed by atoms with Crippen LogP contribution in [0.25, 0.3) is 0 Å². The standard InChI is InChI=1S/C13H23NO/c1-9(8-14)15-13-5-10-2-11(6-13)4-12(3-10)7-13/h9-12H,2-8,14H2,1H3/t9-,10?,11?,12?,13?/m0/s1. The fourth-order valence-electron chi connectivity index (χ4n) is 4.65. The van der Waals surface area contributed by atoms with Crippen molar-refractivity contribution >= 4 is 0 Å². The third-order valence-electron chi connectivity index (χ3n) is 4.77. The molecule has 0 aliphatic heterocycles. The summed E-state index contributed by atoms with van der Waals surface area (Å²) in [7, 11) is 0. The summed E-state index contributed by atoms with van der Waals surface area (Å²) in [6.45, 7) is 2.79. The molecular formula is C13H23NO. The normalized spacial score (nSPS) is 49.6. The van der Waals surface area contributed by atoms with Crippen LogP contribution in [0.1, 0.15) is 45.4 Å². The molecule has 0 aromatic heterocycles. The van der Waals surface area contributed by atoms with Gasteiger partial charge in [0, 0.05) is 6.54 Å². The first kappa shape index (κ1) is 10.1. The Morgan fingerprint density at radius 2 is 1.60 bits per heavy atom. The van der Waals surface area contributed by atoms with Crippen molar-refractivity contribution < 1.29 is 4.74 Å². The first-order valence-corrected chi connectivity index (χ1v) is 6.57. The highest BCUT2D eigenvalue weighted by Crippen LogP contribution is 2.57. The van der Waals surface area contributed by atoms with Crippen molar-refractivity contribution in [3.63, 3.8) is 0 Å². The van der Waals surface area contributed by atoms with Crippen molar-refractivity contribution in [1.82, 2.24) is 0 Å². The fourth-order valence-corrected chi connectivity index (χ4v) is 4.65. The van der Waals surface area contributed by atoms with Crippen LogP contribution in [-0.4, -0.2) is 18.2 Å². The molecule has 2 N–H and O–H groups in total. The zero-order chi connectivity index (χ0) is 10.5. The van der Waals surface area contributed by atoms with Gasteiger partial charge >= 0.3 is 0 Å². The van der Waals surface area contributed by atoms with Crippen molar-refractivity contribution in [3.05, 3.63) is 0 Å². The highest BCUT2D eigenvalue weighted by molar-refractivity contribution is 5.03. The smallest absolute Gasteiger partial charge is 0.0694 e. The molecule has 4 saturated carbocycles. The van der Waals surface area contributed by atoms with Crippen LogP contribution in [0.3, 0.4) is 0 Å². The summed E-state index contributed by atoms with van der Waals surface area (Å²) in [5.41, 5.74) is 5.92. The first-order valence-electron chi connectivity index (χ1n) is 6.57. The number of hydrogen-bond donors (Lipinski definition) is 1. The van der Waals surface area contributed by atoms with Gasteiger partial charge in [-0.2, -0.15) is 0 Å². The first-order chi connectivity index (χ1) is 7.19. The molecule has 4 aliphatic rings. The molecule has 0 saturated heterocycles. The topological polar surface area (TPSA) is 35.2 Å². The molecule has 0 unspecified atom stereocenters. The van der Waals surface area contributed by atoms with Gasteiger partial charge in [0.15, 0.2) is 0 Å². The Balaban J connectivity index is 1.75. The average Bonchev–Trinajstić information content (AvgIpc) is 2.14. The van der Waals surface area contributed by atoms with E-state index in [0.29, 0.717) is 6.54 Å². The lowest BCUT2D eigenvalue weighted by atomic mass is 9.54. The van der Waals surface area contributed by atoms with E-state index in [-0.39, 0.29) is 11.7 Å². The molecule has 2 nitrogen and oxygen atoms in total. The zero-order valence-electron chi connectivity index (χ0n) is 9.74. The van der Waals surface area contributed by atoms with Crippen LogP contribution in [0.5, 0.6) is 0 Å². The summed E-state index contributed by atoms with van der Waals surface area (Å²) in [5, 5.41) is 0. The Hall–Kier alpha value is -0.0800. The molecule has 0 heterocycles. The molecular weight excluding hydrogens is 186 g/mol. The summed E-state index contributed by atoms with van der Waals surface area (Å²) < 4.78 is 6.27. The maximum absolute atomic E-state index is 6.27. The molecule has 0 radical (unpaired) electrons.